The highest BCUT2D eigenvalue weighted by Gasteiger charge is 1.96. The van der Waals surface area contributed by atoms with Crippen molar-refractivity contribution < 1.29 is 4.74 Å². The minimum absolute atomic E-state index is 0.763. The monoisotopic (exact) mass is 270 g/mol. The lowest BCUT2D eigenvalue weighted by Crippen LogP contribution is -2.13. The molecule has 0 aliphatic rings. The molecule has 20 heavy (non-hydrogen) atoms. The molecule has 2 rings (SSSR count). The molecular weight excluding hydrogens is 248 g/mol. The van der Waals surface area contributed by atoms with Gasteiger partial charge in [0.2, 0.25) is 0 Å². The Balaban J connectivity index is 1.73. The zero-order chi connectivity index (χ0) is 14.0. The Morgan fingerprint density at radius 3 is 2.30 bits per heavy atom. The van der Waals surface area contributed by atoms with Crippen LogP contribution >= 0.6 is 0 Å². The molecule has 2 aromatic rings. The van der Waals surface area contributed by atoms with Gasteiger partial charge in [-0.1, -0.05) is 31.2 Å². The van der Waals surface area contributed by atoms with Gasteiger partial charge in [0.15, 0.2) is 0 Å². The Morgan fingerprint density at radius 2 is 1.55 bits per heavy atom. The van der Waals surface area contributed by atoms with Crippen LogP contribution in [0.5, 0.6) is 5.75 Å². The van der Waals surface area contributed by atoms with Gasteiger partial charge in [0.25, 0.3) is 0 Å². The first-order chi connectivity index (χ1) is 9.88. The molecule has 0 aliphatic heterocycles. The number of rotatable bonds is 8. The third-order valence-electron chi connectivity index (χ3n) is 2.86. The van der Waals surface area contributed by atoms with Gasteiger partial charge in [-0.15, -0.1) is 0 Å². The number of nitrogens with one attached hydrogen (secondary N) is 2. The second kappa shape index (κ2) is 8.10. The molecule has 0 unspecified atom stereocenters. The Bertz CT molecular complexity index is 499. The van der Waals surface area contributed by atoms with E-state index >= 15 is 0 Å². The Morgan fingerprint density at radius 1 is 0.850 bits per heavy atom. The van der Waals surface area contributed by atoms with Crippen LogP contribution in [0.3, 0.4) is 0 Å². The lowest BCUT2D eigenvalue weighted by molar-refractivity contribution is 0.317. The summed E-state index contributed by atoms with van der Waals surface area (Å²) in [5.74, 6) is 0.924. The summed E-state index contributed by atoms with van der Waals surface area (Å²) in [6.45, 7) is 4.62. The second-order valence-corrected chi connectivity index (χ2v) is 4.60. The van der Waals surface area contributed by atoms with E-state index in [2.05, 4.69) is 35.8 Å². The summed E-state index contributed by atoms with van der Waals surface area (Å²) in [5.41, 5.74) is 2.24. The maximum Gasteiger partial charge on any atom is 0.121 e. The van der Waals surface area contributed by atoms with Crippen LogP contribution in [-0.2, 0) is 0 Å². The fourth-order valence-corrected chi connectivity index (χ4v) is 1.89. The maximum atomic E-state index is 5.62. The molecule has 2 aromatic carbocycles. The first-order valence-electron chi connectivity index (χ1n) is 7.14. The van der Waals surface area contributed by atoms with Crippen molar-refractivity contribution in [2.24, 2.45) is 0 Å². The van der Waals surface area contributed by atoms with Gasteiger partial charge < -0.3 is 15.4 Å². The molecule has 0 radical (unpaired) electrons. The smallest absolute Gasteiger partial charge is 0.121 e. The molecule has 0 saturated heterocycles. The lowest BCUT2D eigenvalue weighted by Gasteiger charge is -2.10. The van der Waals surface area contributed by atoms with Crippen LogP contribution < -0.4 is 15.4 Å². The second-order valence-electron chi connectivity index (χ2n) is 4.60. The molecule has 0 aromatic heterocycles. The van der Waals surface area contributed by atoms with Crippen LogP contribution in [-0.4, -0.2) is 19.7 Å². The number of hydrogen-bond donors (Lipinski definition) is 2. The summed E-state index contributed by atoms with van der Waals surface area (Å²) in [6.07, 6.45) is 1.03. The number of anilines is 2. The van der Waals surface area contributed by atoms with Gasteiger partial charge in [0.1, 0.15) is 5.75 Å². The van der Waals surface area contributed by atoms with Crippen molar-refractivity contribution in [2.45, 2.75) is 13.3 Å². The average molecular weight is 270 g/mol. The van der Waals surface area contributed by atoms with Crippen LogP contribution in [0.25, 0.3) is 0 Å². The molecule has 0 atom stereocenters. The van der Waals surface area contributed by atoms with Crippen LogP contribution in [0.4, 0.5) is 11.4 Å². The quantitative estimate of drug-likeness (QED) is 0.711. The molecule has 2 N–H and O–H groups in total. The number of hydrogen-bond acceptors (Lipinski definition) is 3. The van der Waals surface area contributed by atoms with Crippen molar-refractivity contribution in [1.29, 1.82) is 0 Å². The van der Waals surface area contributed by atoms with E-state index in [0.717, 1.165) is 43.2 Å². The zero-order valence-electron chi connectivity index (χ0n) is 11.9. The highest BCUT2D eigenvalue weighted by Crippen LogP contribution is 2.17. The first-order valence-corrected chi connectivity index (χ1v) is 7.14. The Hall–Kier alpha value is -2.16. The molecule has 0 amide bonds. The maximum absolute atomic E-state index is 5.62. The van der Waals surface area contributed by atoms with Gasteiger partial charge in [-0.25, -0.2) is 0 Å². The third-order valence-corrected chi connectivity index (χ3v) is 2.86. The van der Waals surface area contributed by atoms with Crippen LogP contribution in [0.15, 0.2) is 54.6 Å². The fraction of sp³-hybridized carbons (Fsp3) is 0.294. The summed E-state index contributed by atoms with van der Waals surface area (Å²) < 4.78 is 5.62. The van der Waals surface area contributed by atoms with E-state index in [1.54, 1.807) is 0 Å². The van der Waals surface area contributed by atoms with Crippen LogP contribution in [0, 0.1) is 0 Å². The predicted octanol–water partition coefficient (Wildman–Crippen LogP) is 4.00. The van der Waals surface area contributed by atoms with Crippen molar-refractivity contribution in [1.82, 2.24) is 0 Å². The molecule has 0 aliphatic carbocycles. The van der Waals surface area contributed by atoms with Crippen LogP contribution in [0.1, 0.15) is 13.3 Å². The molecule has 0 fully saturated rings. The number of para-hydroxylation sites is 1. The minimum atomic E-state index is 0.763. The van der Waals surface area contributed by atoms with E-state index < -0.39 is 0 Å². The van der Waals surface area contributed by atoms with Gasteiger partial charge in [-0.3, -0.25) is 0 Å². The van der Waals surface area contributed by atoms with Crippen molar-refractivity contribution in [3.8, 4) is 5.75 Å². The van der Waals surface area contributed by atoms with Gasteiger partial charge >= 0.3 is 0 Å². The van der Waals surface area contributed by atoms with Gasteiger partial charge in [0, 0.05) is 30.5 Å². The van der Waals surface area contributed by atoms with E-state index in [1.165, 1.54) is 0 Å². The highest BCUT2D eigenvalue weighted by molar-refractivity contribution is 5.48. The molecule has 0 bridgehead atoms. The van der Waals surface area contributed by atoms with E-state index in [4.69, 9.17) is 4.74 Å². The largest absolute Gasteiger partial charge is 0.494 e. The summed E-state index contributed by atoms with van der Waals surface area (Å²) in [6, 6.07) is 18.3. The zero-order valence-corrected chi connectivity index (χ0v) is 11.9. The molecular formula is C17H22N2O. The van der Waals surface area contributed by atoms with E-state index in [0.29, 0.717) is 0 Å². The molecule has 0 saturated carbocycles. The summed E-state index contributed by atoms with van der Waals surface area (Å²) >= 11 is 0. The van der Waals surface area contributed by atoms with Crippen LogP contribution in [0.2, 0.25) is 0 Å². The SMILES string of the molecule is CCCOc1cccc(NCCNc2ccccc2)c1. The highest BCUT2D eigenvalue weighted by atomic mass is 16.5. The van der Waals surface area contributed by atoms with Gasteiger partial charge in [-0.2, -0.15) is 0 Å². The van der Waals surface area contributed by atoms with E-state index in [1.807, 2.05) is 36.4 Å². The van der Waals surface area contributed by atoms with E-state index in [-0.39, 0.29) is 0 Å². The van der Waals surface area contributed by atoms with Crippen molar-refractivity contribution in [2.75, 3.05) is 30.3 Å². The topological polar surface area (TPSA) is 33.3 Å². The Kier molecular flexibility index (Phi) is 5.77. The number of ether oxygens (including phenoxy) is 1. The van der Waals surface area contributed by atoms with Crippen molar-refractivity contribution in [3.05, 3.63) is 54.6 Å². The molecule has 106 valence electrons. The summed E-state index contributed by atoms with van der Waals surface area (Å²) in [4.78, 5) is 0. The fourth-order valence-electron chi connectivity index (χ4n) is 1.89. The predicted molar refractivity (Wildman–Crippen MR) is 85.6 cm³/mol. The normalized spacial score (nSPS) is 10.1. The Labute approximate surface area is 121 Å². The summed E-state index contributed by atoms with van der Waals surface area (Å²) in [7, 11) is 0. The summed E-state index contributed by atoms with van der Waals surface area (Å²) in [5, 5.41) is 6.76. The van der Waals surface area contributed by atoms with Gasteiger partial charge in [0.05, 0.1) is 6.61 Å². The minimum Gasteiger partial charge on any atom is -0.494 e. The van der Waals surface area contributed by atoms with Crippen molar-refractivity contribution >= 4 is 11.4 Å². The lowest BCUT2D eigenvalue weighted by atomic mass is 10.3. The average Bonchev–Trinajstić information content (AvgIpc) is 2.51. The number of benzene rings is 2. The molecule has 0 heterocycles. The molecule has 0 spiro atoms. The molecule has 3 nitrogen and oxygen atoms in total. The molecule has 3 heteroatoms. The van der Waals surface area contributed by atoms with Gasteiger partial charge in [-0.05, 0) is 30.7 Å². The van der Waals surface area contributed by atoms with E-state index in [9.17, 15) is 0 Å². The first kappa shape index (κ1) is 14.3. The van der Waals surface area contributed by atoms with Crippen molar-refractivity contribution in [3.63, 3.8) is 0 Å². The standard InChI is InChI=1S/C17H22N2O/c1-2-13-20-17-10-6-9-16(14-17)19-12-11-18-15-7-4-3-5-8-15/h3-10,14,18-19H,2,11-13H2,1H3. The third kappa shape index (κ3) is 4.84.